The van der Waals surface area contributed by atoms with Gasteiger partial charge in [-0.2, -0.15) is 0 Å². The van der Waals surface area contributed by atoms with Crippen LogP contribution in [0.5, 0.6) is 0 Å². The van der Waals surface area contributed by atoms with E-state index in [4.69, 9.17) is 19.9 Å². The molecule has 0 aliphatic rings. The van der Waals surface area contributed by atoms with E-state index < -0.39 is 6.04 Å². The second-order valence-electron chi connectivity index (χ2n) is 3.54. The van der Waals surface area contributed by atoms with Crippen molar-refractivity contribution in [2.75, 3.05) is 33.5 Å². The fourth-order valence-corrected chi connectivity index (χ4v) is 0.814. The van der Waals surface area contributed by atoms with Crippen molar-refractivity contribution in [1.29, 1.82) is 0 Å². The van der Waals surface area contributed by atoms with Gasteiger partial charge in [0.2, 0.25) is 0 Å². The van der Waals surface area contributed by atoms with Crippen molar-refractivity contribution in [1.82, 2.24) is 0 Å². The van der Waals surface area contributed by atoms with Crippen LogP contribution in [0.1, 0.15) is 13.8 Å². The number of rotatable bonds is 8. The predicted molar refractivity (Wildman–Crippen MR) is 56.5 cm³/mol. The van der Waals surface area contributed by atoms with Gasteiger partial charge in [0, 0.05) is 7.11 Å². The first kappa shape index (κ1) is 14.3. The van der Waals surface area contributed by atoms with E-state index in [9.17, 15) is 4.79 Å². The van der Waals surface area contributed by atoms with Crippen LogP contribution >= 0.6 is 0 Å². The molecule has 0 bridgehead atoms. The van der Waals surface area contributed by atoms with Gasteiger partial charge >= 0.3 is 5.97 Å². The van der Waals surface area contributed by atoms with Crippen molar-refractivity contribution in [3.8, 4) is 0 Å². The zero-order chi connectivity index (χ0) is 11.7. The fraction of sp³-hybridized carbons (Fsp3) is 0.900. The molecule has 5 heteroatoms. The van der Waals surface area contributed by atoms with Crippen LogP contribution in [-0.4, -0.2) is 45.5 Å². The molecule has 15 heavy (non-hydrogen) atoms. The topological polar surface area (TPSA) is 70.8 Å². The lowest BCUT2D eigenvalue weighted by Crippen LogP contribution is -2.37. The van der Waals surface area contributed by atoms with Crippen LogP contribution in [0.4, 0.5) is 0 Å². The average molecular weight is 219 g/mol. The maximum atomic E-state index is 11.2. The van der Waals surface area contributed by atoms with Crippen LogP contribution < -0.4 is 5.73 Å². The molecule has 0 aliphatic carbocycles. The van der Waals surface area contributed by atoms with Crippen LogP contribution in [0, 0.1) is 5.92 Å². The molecule has 0 saturated heterocycles. The Balaban J connectivity index is 3.39. The van der Waals surface area contributed by atoms with Gasteiger partial charge in [-0.15, -0.1) is 0 Å². The lowest BCUT2D eigenvalue weighted by molar-refractivity contribution is -0.147. The summed E-state index contributed by atoms with van der Waals surface area (Å²) in [5, 5.41) is 0. The highest BCUT2D eigenvalue weighted by Crippen LogP contribution is 2.00. The molecule has 0 aromatic carbocycles. The van der Waals surface area contributed by atoms with Crippen LogP contribution in [0.15, 0.2) is 0 Å². The Labute approximate surface area is 90.9 Å². The number of methoxy groups -OCH3 is 1. The van der Waals surface area contributed by atoms with Crippen molar-refractivity contribution in [2.45, 2.75) is 19.9 Å². The molecular weight excluding hydrogens is 198 g/mol. The quantitative estimate of drug-likeness (QED) is 0.465. The molecule has 0 aromatic rings. The highest BCUT2D eigenvalue weighted by atomic mass is 16.6. The van der Waals surface area contributed by atoms with Crippen molar-refractivity contribution in [2.24, 2.45) is 11.7 Å². The van der Waals surface area contributed by atoms with Gasteiger partial charge in [0.05, 0.1) is 19.8 Å². The molecule has 2 N–H and O–H groups in total. The van der Waals surface area contributed by atoms with E-state index in [1.807, 2.05) is 13.8 Å². The molecule has 5 nitrogen and oxygen atoms in total. The van der Waals surface area contributed by atoms with Crippen molar-refractivity contribution in [3.05, 3.63) is 0 Å². The van der Waals surface area contributed by atoms with Gasteiger partial charge < -0.3 is 19.9 Å². The molecule has 0 rings (SSSR count). The zero-order valence-electron chi connectivity index (χ0n) is 9.69. The van der Waals surface area contributed by atoms with Gasteiger partial charge in [0.1, 0.15) is 12.6 Å². The minimum atomic E-state index is -0.552. The highest BCUT2D eigenvalue weighted by molar-refractivity contribution is 5.75. The van der Waals surface area contributed by atoms with E-state index in [1.165, 1.54) is 0 Å². The first-order valence-corrected chi connectivity index (χ1v) is 5.08. The molecule has 0 amide bonds. The zero-order valence-corrected chi connectivity index (χ0v) is 9.69. The summed E-state index contributed by atoms with van der Waals surface area (Å²) < 4.78 is 14.8. The van der Waals surface area contributed by atoms with Gasteiger partial charge in [-0.25, -0.2) is 0 Å². The number of esters is 1. The lowest BCUT2D eigenvalue weighted by atomic mass is 10.1. The minimum Gasteiger partial charge on any atom is -0.462 e. The molecule has 0 aromatic heterocycles. The smallest absolute Gasteiger partial charge is 0.323 e. The first-order chi connectivity index (χ1) is 7.09. The van der Waals surface area contributed by atoms with Crippen LogP contribution in [-0.2, 0) is 19.0 Å². The summed E-state index contributed by atoms with van der Waals surface area (Å²) in [4.78, 5) is 11.2. The second-order valence-corrected chi connectivity index (χ2v) is 3.54. The standard InChI is InChI=1S/C10H21NO4/c1-8(2)9(11)10(12)15-7-6-14-5-4-13-3/h8-9H,4-7,11H2,1-3H3/t9-/m1/s1. The van der Waals surface area contributed by atoms with Crippen LogP contribution in [0.3, 0.4) is 0 Å². The molecule has 0 unspecified atom stereocenters. The molecule has 0 radical (unpaired) electrons. The van der Waals surface area contributed by atoms with E-state index in [0.29, 0.717) is 19.8 Å². The largest absolute Gasteiger partial charge is 0.462 e. The summed E-state index contributed by atoms with van der Waals surface area (Å²) in [6.45, 7) is 5.41. The van der Waals surface area contributed by atoms with E-state index in [2.05, 4.69) is 0 Å². The van der Waals surface area contributed by atoms with E-state index in [-0.39, 0.29) is 18.5 Å². The van der Waals surface area contributed by atoms with E-state index >= 15 is 0 Å². The van der Waals surface area contributed by atoms with Gasteiger partial charge in [-0.05, 0) is 5.92 Å². The number of nitrogens with two attached hydrogens (primary N) is 1. The summed E-state index contributed by atoms with van der Waals surface area (Å²) >= 11 is 0. The van der Waals surface area contributed by atoms with Crippen molar-refractivity contribution >= 4 is 5.97 Å². The fourth-order valence-electron chi connectivity index (χ4n) is 0.814. The Kier molecular flexibility index (Phi) is 8.27. The second kappa shape index (κ2) is 8.64. The summed E-state index contributed by atoms with van der Waals surface area (Å²) in [7, 11) is 1.60. The summed E-state index contributed by atoms with van der Waals surface area (Å²) in [5.41, 5.74) is 5.59. The summed E-state index contributed by atoms with van der Waals surface area (Å²) in [5.74, 6) is -0.285. The molecule has 0 spiro atoms. The van der Waals surface area contributed by atoms with E-state index in [1.54, 1.807) is 7.11 Å². The molecule has 90 valence electrons. The number of carbonyl (C=O) groups is 1. The Morgan fingerprint density at radius 1 is 1.20 bits per heavy atom. The third-order valence-electron chi connectivity index (χ3n) is 1.89. The van der Waals surface area contributed by atoms with Crippen molar-refractivity contribution < 1.29 is 19.0 Å². The number of carbonyl (C=O) groups excluding carboxylic acids is 1. The normalized spacial score (nSPS) is 12.9. The molecule has 0 saturated carbocycles. The van der Waals surface area contributed by atoms with Crippen LogP contribution in [0.25, 0.3) is 0 Å². The van der Waals surface area contributed by atoms with Crippen molar-refractivity contribution in [3.63, 3.8) is 0 Å². The Bertz CT molecular complexity index is 173. The molecule has 0 fully saturated rings. The SMILES string of the molecule is COCCOCCOC(=O)[C@H](N)C(C)C. The Hall–Kier alpha value is -0.650. The number of hydrogen-bond acceptors (Lipinski definition) is 5. The summed E-state index contributed by atoms with van der Waals surface area (Å²) in [6, 6.07) is -0.552. The van der Waals surface area contributed by atoms with Gasteiger partial charge in [-0.3, -0.25) is 4.79 Å². The monoisotopic (exact) mass is 219 g/mol. The van der Waals surface area contributed by atoms with Crippen LogP contribution in [0.2, 0.25) is 0 Å². The lowest BCUT2D eigenvalue weighted by Gasteiger charge is -2.14. The molecule has 0 aliphatic heterocycles. The molecule has 0 heterocycles. The Morgan fingerprint density at radius 3 is 2.33 bits per heavy atom. The molecule has 1 atom stereocenters. The molecular formula is C10H21NO4. The third kappa shape index (κ3) is 7.30. The Morgan fingerprint density at radius 2 is 1.80 bits per heavy atom. The minimum absolute atomic E-state index is 0.0897. The predicted octanol–water partition coefficient (Wildman–Crippen LogP) is 0.176. The maximum Gasteiger partial charge on any atom is 0.323 e. The van der Waals surface area contributed by atoms with Gasteiger partial charge in [0.25, 0.3) is 0 Å². The third-order valence-corrected chi connectivity index (χ3v) is 1.89. The number of ether oxygens (including phenoxy) is 3. The first-order valence-electron chi connectivity index (χ1n) is 5.08. The highest BCUT2D eigenvalue weighted by Gasteiger charge is 2.18. The average Bonchev–Trinajstić information content (AvgIpc) is 2.21. The maximum absolute atomic E-state index is 11.2. The van der Waals surface area contributed by atoms with E-state index in [0.717, 1.165) is 0 Å². The van der Waals surface area contributed by atoms with Gasteiger partial charge in [0.15, 0.2) is 0 Å². The van der Waals surface area contributed by atoms with Gasteiger partial charge in [-0.1, -0.05) is 13.8 Å². The summed E-state index contributed by atoms with van der Waals surface area (Å²) in [6.07, 6.45) is 0. The number of hydrogen-bond donors (Lipinski definition) is 1.